The van der Waals surface area contributed by atoms with Crippen LogP contribution in [0, 0.1) is 0 Å². The second kappa shape index (κ2) is 8.61. The van der Waals surface area contributed by atoms with Gasteiger partial charge < -0.3 is 11.1 Å². The van der Waals surface area contributed by atoms with Crippen molar-refractivity contribution in [1.82, 2.24) is 5.32 Å². The summed E-state index contributed by atoms with van der Waals surface area (Å²) < 4.78 is 30.1. The number of benzene rings is 2. The van der Waals surface area contributed by atoms with E-state index in [4.69, 9.17) is 21.5 Å². The molecule has 3 unspecified atom stereocenters. The number of piperidine rings is 1. The van der Waals surface area contributed by atoms with Crippen molar-refractivity contribution < 1.29 is 17.4 Å². The first-order valence-electron chi connectivity index (χ1n) is 9.06. The molecule has 3 rings (SSSR count). The van der Waals surface area contributed by atoms with E-state index < -0.39 is 27.4 Å². The van der Waals surface area contributed by atoms with Crippen LogP contribution in [-0.4, -0.2) is 38.8 Å². The van der Waals surface area contributed by atoms with Crippen molar-refractivity contribution in [3.63, 3.8) is 0 Å². The molecule has 1 heterocycles. The maximum Gasteiger partial charge on any atom is 0.279 e. The summed E-state index contributed by atoms with van der Waals surface area (Å²) in [7, 11) is -4.08. The van der Waals surface area contributed by atoms with Crippen LogP contribution in [0.4, 0.5) is 0 Å². The van der Waals surface area contributed by atoms with Gasteiger partial charge in [-0.25, -0.2) is 0 Å². The second-order valence-corrected chi connectivity index (χ2v) is 9.17. The van der Waals surface area contributed by atoms with Gasteiger partial charge in [0.2, 0.25) is 5.91 Å². The van der Waals surface area contributed by atoms with Gasteiger partial charge in [-0.05, 0) is 37.1 Å². The highest BCUT2D eigenvalue weighted by Crippen LogP contribution is 2.32. The van der Waals surface area contributed by atoms with Crippen LogP contribution in [0.25, 0.3) is 11.1 Å². The van der Waals surface area contributed by atoms with Gasteiger partial charge in [0.15, 0.2) is 5.25 Å². The fourth-order valence-electron chi connectivity index (χ4n) is 3.29. The largest absolute Gasteiger partial charge is 0.368 e. The number of amides is 1. The Morgan fingerprint density at radius 1 is 1.21 bits per heavy atom. The molecule has 0 saturated carbocycles. The molecule has 2 aromatic carbocycles. The van der Waals surface area contributed by atoms with Gasteiger partial charge in [-0.2, -0.15) is 8.42 Å². The average Bonchev–Trinajstić information content (AvgIpc) is 2.68. The molecule has 6 nitrogen and oxygen atoms in total. The maximum absolute atomic E-state index is 12.3. The summed E-state index contributed by atoms with van der Waals surface area (Å²) in [5, 5.41) is 2.55. The molecule has 2 aromatic rings. The van der Waals surface area contributed by atoms with E-state index in [1.165, 1.54) is 6.92 Å². The highest BCUT2D eigenvalue weighted by molar-refractivity contribution is 7.88. The molecule has 0 bridgehead atoms. The van der Waals surface area contributed by atoms with E-state index in [1.807, 2.05) is 48.5 Å². The summed E-state index contributed by atoms with van der Waals surface area (Å²) in [5.41, 5.74) is 8.00. The zero-order valence-corrected chi connectivity index (χ0v) is 17.0. The molecule has 0 spiro atoms. The molecule has 1 amide bonds. The Morgan fingerprint density at radius 2 is 1.89 bits per heavy atom. The Hall–Kier alpha value is -1.93. The van der Waals surface area contributed by atoms with Crippen LogP contribution in [0.2, 0.25) is 5.02 Å². The van der Waals surface area contributed by atoms with Crippen LogP contribution < -0.4 is 11.1 Å². The van der Waals surface area contributed by atoms with E-state index in [0.717, 1.165) is 16.7 Å². The van der Waals surface area contributed by atoms with E-state index in [1.54, 1.807) is 0 Å². The first kappa shape index (κ1) is 20.8. The Labute approximate surface area is 170 Å². The van der Waals surface area contributed by atoms with Gasteiger partial charge in [-0.1, -0.05) is 54.1 Å². The zero-order valence-electron chi connectivity index (χ0n) is 15.5. The highest BCUT2D eigenvalue weighted by atomic mass is 35.5. The molecule has 150 valence electrons. The van der Waals surface area contributed by atoms with Gasteiger partial charge in [-0.3, -0.25) is 8.98 Å². The van der Waals surface area contributed by atoms with E-state index >= 15 is 0 Å². The smallest absolute Gasteiger partial charge is 0.279 e. The van der Waals surface area contributed by atoms with Crippen LogP contribution in [0.15, 0.2) is 48.5 Å². The van der Waals surface area contributed by atoms with Gasteiger partial charge in [-0.15, -0.1) is 0 Å². The average molecular weight is 423 g/mol. The van der Waals surface area contributed by atoms with Gasteiger partial charge >= 0.3 is 0 Å². The Bertz CT molecular complexity index is 947. The maximum atomic E-state index is 12.3. The van der Waals surface area contributed by atoms with Crippen molar-refractivity contribution in [2.45, 2.75) is 30.6 Å². The Balaban J connectivity index is 1.82. The molecule has 3 atom stereocenters. The number of hydrogen-bond acceptors (Lipinski definition) is 5. The molecule has 0 radical (unpaired) electrons. The first-order chi connectivity index (χ1) is 13.3. The predicted molar refractivity (Wildman–Crippen MR) is 110 cm³/mol. The molecule has 3 N–H and O–H groups in total. The van der Waals surface area contributed by atoms with Crippen molar-refractivity contribution in [3.8, 4) is 11.1 Å². The van der Waals surface area contributed by atoms with Crippen molar-refractivity contribution >= 4 is 27.6 Å². The lowest BCUT2D eigenvalue weighted by atomic mass is 9.88. The fourth-order valence-corrected chi connectivity index (χ4v) is 4.56. The standard InChI is InChI=1S/C20H23ClN2O4S/c1-13(20(22)24)28(25,26)27-19-10-11-23-12-17(19)15-8-6-14(7-9-15)16-4-2-3-5-18(16)21/h2-9,13,17,19,23H,10-12H2,1H3,(H2,22,24). The molecule has 1 saturated heterocycles. The summed E-state index contributed by atoms with van der Waals surface area (Å²) in [5.74, 6) is -1.08. The Kier molecular flexibility index (Phi) is 6.40. The summed E-state index contributed by atoms with van der Waals surface area (Å²) in [6.07, 6.45) is -0.0408. The summed E-state index contributed by atoms with van der Waals surface area (Å²) >= 11 is 6.26. The number of carbonyl (C=O) groups is 1. The second-order valence-electron chi connectivity index (χ2n) is 6.87. The van der Waals surface area contributed by atoms with Crippen molar-refractivity contribution in [2.24, 2.45) is 5.73 Å². The topological polar surface area (TPSA) is 98.5 Å². The van der Waals surface area contributed by atoms with Gasteiger partial charge in [0.05, 0.1) is 6.10 Å². The van der Waals surface area contributed by atoms with E-state index in [2.05, 4.69) is 5.32 Å². The van der Waals surface area contributed by atoms with E-state index in [9.17, 15) is 13.2 Å². The number of carbonyl (C=O) groups excluding carboxylic acids is 1. The van der Waals surface area contributed by atoms with Gasteiger partial charge in [0.1, 0.15) is 0 Å². The minimum Gasteiger partial charge on any atom is -0.368 e. The third-order valence-electron chi connectivity index (χ3n) is 5.03. The molecule has 1 fully saturated rings. The molecular weight excluding hydrogens is 400 g/mol. The number of primary amides is 1. The summed E-state index contributed by atoms with van der Waals surface area (Å²) in [6, 6.07) is 15.4. The lowest BCUT2D eigenvalue weighted by Gasteiger charge is -2.32. The lowest BCUT2D eigenvalue weighted by Crippen LogP contribution is -2.43. The van der Waals surface area contributed by atoms with Crippen molar-refractivity contribution in [1.29, 1.82) is 0 Å². The fraction of sp³-hybridized carbons (Fsp3) is 0.350. The molecular formula is C20H23ClN2O4S. The van der Waals surface area contributed by atoms with Crippen LogP contribution in [0.3, 0.4) is 0 Å². The van der Waals surface area contributed by atoms with Gasteiger partial charge in [0.25, 0.3) is 10.1 Å². The van der Waals surface area contributed by atoms with E-state index in [0.29, 0.717) is 24.5 Å². The van der Waals surface area contributed by atoms with Crippen molar-refractivity contribution in [3.05, 3.63) is 59.1 Å². The molecule has 8 heteroatoms. The third kappa shape index (κ3) is 4.55. The predicted octanol–water partition coefficient (Wildman–Crippen LogP) is 2.67. The summed E-state index contributed by atoms with van der Waals surface area (Å²) in [4.78, 5) is 11.3. The van der Waals surface area contributed by atoms with Crippen LogP contribution >= 0.6 is 11.6 Å². The minimum atomic E-state index is -4.08. The van der Waals surface area contributed by atoms with Crippen molar-refractivity contribution in [2.75, 3.05) is 13.1 Å². The quantitative estimate of drug-likeness (QED) is 0.697. The lowest BCUT2D eigenvalue weighted by molar-refractivity contribution is -0.117. The molecule has 0 aliphatic carbocycles. The SMILES string of the molecule is CC(C(N)=O)S(=O)(=O)OC1CCNCC1c1ccc(-c2ccccc2Cl)cc1. The molecule has 1 aliphatic rings. The van der Waals surface area contributed by atoms with Crippen LogP contribution in [0.5, 0.6) is 0 Å². The molecule has 0 aromatic heterocycles. The minimum absolute atomic E-state index is 0.163. The van der Waals surface area contributed by atoms with Crippen LogP contribution in [-0.2, 0) is 19.1 Å². The highest BCUT2D eigenvalue weighted by Gasteiger charge is 2.35. The third-order valence-corrected chi connectivity index (χ3v) is 6.98. The molecule has 28 heavy (non-hydrogen) atoms. The molecule has 1 aliphatic heterocycles. The number of rotatable bonds is 6. The van der Waals surface area contributed by atoms with Crippen LogP contribution in [0.1, 0.15) is 24.8 Å². The number of nitrogens with one attached hydrogen (secondary N) is 1. The zero-order chi connectivity index (χ0) is 20.3. The van der Waals surface area contributed by atoms with Gasteiger partial charge in [0, 0.05) is 23.0 Å². The Morgan fingerprint density at radius 3 is 2.54 bits per heavy atom. The summed E-state index contributed by atoms with van der Waals surface area (Å²) in [6.45, 7) is 2.46. The number of halogens is 1. The number of nitrogens with two attached hydrogens (primary N) is 1. The monoisotopic (exact) mass is 422 g/mol. The number of hydrogen-bond donors (Lipinski definition) is 2. The first-order valence-corrected chi connectivity index (χ1v) is 10.9. The van der Waals surface area contributed by atoms with E-state index in [-0.39, 0.29) is 5.92 Å². The normalized spacial score (nSPS) is 21.2.